The summed E-state index contributed by atoms with van der Waals surface area (Å²) in [5, 5.41) is 3.55. The van der Waals surface area contributed by atoms with E-state index in [0.29, 0.717) is 12.1 Å². The Morgan fingerprint density at radius 3 is 2.94 bits per heavy atom. The molecule has 0 aromatic carbocycles. The highest BCUT2D eigenvalue weighted by molar-refractivity contribution is 4.83. The molecule has 0 radical (unpaired) electrons. The van der Waals surface area contributed by atoms with Gasteiger partial charge in [0, 0.05) is 25.2 Å². The molecule has 2 rings (SSSR count). The van der Waals surface area contributed by atoms with Crippen molar-refractivity contribution in [3.05, 3.63) is 0 Å². The Morgan fingerprint density at radius 1 is 1.38 bits per heavy atom. The highest BCUT2D eigenvalue weighted by atomic mass is 16.5. The van der Waals surface area contributed by atoms with Gasteiger partial charge in [-0.2, -0.15) is 0 Å². The number of hydrogen-bond acceptors (Lipinski definition) is 3. The van der Waals surface area contributed by atoms with Gasteiger partial charge in [0.25, 0.3) is 0 Å². The number of hydrogen-bond donors (Lipinski definition) is 1. The summed E-state index contributed by atoms with van der Waals surface area (Å²) in [7, 11) is 0. The number of nitrogens with zero attached hydrogens (tertiary/aromatic N) is 1. The lowest BCUT2D eigenvalue weighted by Gasteiger charge is -2.31. The van der Waals surface area contributed by atoms with E-state index in [4.69, 9.17) is 4.74 Å². The zero-order chi connectivity index (χ0) is 11.4. The highest BCUT2D eigenvalue weighted by Gasteiger charge is 2.29. The zero-order valence-electron chi connectivity index (χ0n) is 10.7. The third kappa shape index (κ3) is 3.44. The van der Waals surface area contributed by atoms with E-state index in [1.807, 2.05) is 0 Å². The summed E-state index contributed by atoms with van der Waals surface area (Å²) in [6.07, 6.45) is 3.94. The van der Waals surface area contributed by atoms with Crippen LogP contribution in [0, 0.1) is 5.92 Å². The first-order valence-corrected chi connectivity index (χ1v) is 6.81. The molecule has 0 amide bonds. The average Bonchev–Trinajstić information content (AvgIpc) is 2.76. The third-order valence-corrected chi connectivity index (χ3v) is 3.78. The third-order valence-electron chi connectivity index (χ3n) is 3.78. The predicted molar refractivity (Wildman–Crippen MR) is 66.7 cm³/mol. The molecule has 0 bridgehead atoms. The lowest BCUT2D eigenvalue weighted by atomic mass is 10.1. The predicted octanol–water partition coefficient (Wildman–Crippen LogP) is 1.49. The van der Waals surface area contributed by atoms with Crippen LogP contribution in [0.15, 0.2) is 0 Å². The molecule has 0 aromatic heterocycles. The molecule has 0 spiro atoms. The first kappa shape index (κ1) is 12.3. The Labute approximate surface area is 99.5 Å². The van der Waals surface area contributed by atoms with E-state index >= 15 is 0 Å². The summed E-state index contributed by atoms with van der Waals surface area (Å²) in [6, 6.07) is 1.32. The summed E-state index contributed by atoms with van der Waals surface area (Å²) < 4.78 is 5.57. The Morgan fingerprint density at radius 2 is 2.25 bits per heavy atom. The fourth-order valence-corrected chi connectivity index (χ4v) is 2.77. The van der Waals surface area contributed by atoms with Crippen LogP contribution in [-0.4, -0.2) is 49.8 Å². The molecule has 2 unspecified atom stereocenters. The SMILES string of the molecule is CC(C)NCC1CCN(C2CCCOC2)C1. The van der Waals surface area contributed by atoms with E-state index in [2.05, 4.69) is 24.1 Å². The molecule has 3 nitrogen and oxygen atoms in total. The molecule has 94 valence electrons. The second-order valence-corrected chi connectivity index (χ2v) is 5.58. The van der Waals surface area contributed by atoms with Gasteiger partial charge in [-0.15, -0.1) is 0 Å². The first-order chi connectivity index (χ1) is 7.75. The monoisotopic (exact) mass is 226 g/mol. The van der Waals surface area contributed by atoms with Crippen molar-refractivity contribution in [2.45, 2.75) is 45.2 Å². The molecule has 0 aliphatic carbocycles. The molecule has 2 aliphatic heterocycles. The Bertz CT molecular complexity index is 202. The van der Waals surface area contributed by atoms with Crippen molar-refractivity contribution >= 4 is 0 Å². The molecule has 2 aliphatic rings. The molecule has 3 heteroatoms. The van der Waals surface area contributed by atoms with E-state index in [0.717, 1.165) is 19.1 Å². The summed E-state index contributed by atoms with van der Waals surface area (Å²) in [4.78, 5) is 2.64. The van der Waals surface area contributed by atoms with E-state index in [1.54, 1.807) is 0 Å². The van der Waals surface area contributed by atoms with E-state index in [-0.39, 0.29) is 0 Å². The van der Waals surface area contributed by atoms with Gasteiger partial charge in [-0.1, -0.05) is 13.8 Å². The summed E-state index contributed by atoms with van der Waals surface area (Å²) in [6.45, 7) is 10.1. The van der Waals surface area contributed by atoms with Gasteiger partial charge in [-0.3, -0.25) is 4.90 Å². The van der Waals surface area contributed by atoms with Gasteiger partial charge in [-0.05, 0) is 38.3 Å². The minimum absolute atomic E-state index is 0.618. The normalized spacial score (nSPS) is 32.4. The van der Waals surface area contributed by atoms with Crippen LogP contribution < -0.4 is 5.32 Å². The zero-order valence-corrected chi connectivity index (χ0v) is 10.7. The van der Waals surface area contributed by atoms with Crippen molar-refractivity contribution in [1.82, 2.24) is 10.2 Å². The molecule has 0 aromatic rings. The molecule has 2 heterocycles. The minimum atomic E-state index is 0.618. The van der Waals surface area contributed by atoms with Crippen molar-refractivity contribution in [3.63, 3.8) is 0 Å². The second-order valence-electron chi connectivity index (χ2n) is 5.58. The molecule has 16 heavy (non-hydrogen) atoms. The molecular weight excluding hydrogens is 200 g/mol. The average molecular weight is 226 g/mol. The molecule has 2 fully saturated rings. The smallest absolute Gasteiger partial charge is 0.0621 e. The highest BCUT2D eigenvalue weighted by Crippen LogP contribution is 2.22. The number of likely N-dealkylation sites (tertiary alicyclic amines) is 1. The van der Waals surface area contributed by atoms with Crippen LogP contribution in [0.3, 0.4) is 0 Å². The molecule has 2 atom stereocenters. The summed E-state index contributed by atoms with van der Waals surface area (Å²) in [5.74, 6) is 0.851. The fourth-order valence-electron chi connectivity index (χ4n) is 2.77. The standard InChI is InChI=1S/C13H26N2O/c1-11(2)14-8-12-5-6-15(9-12)13-4-3-7-16-10-13/h11-14H,3-10H2,1-2H3. The maximum absolute atomic E-state index is 5.57. The number of rotatable bonds is 4. The van der Waals surface area contributed by atoms with Gasteiger partial charge in [0.15, 0.2) is 0 Å². The molecule has 1 N–H and O–H groups in total. The van der Waals surface area contributed by atoms with Crippen LogP contribution in [0.1, 0.15) is 33.1 Å². The van der Waals surface area contributed by atoms with Crippen LogP contribution in [0.2, 0.25) is 0 Å². The van der Waals surface area contributed by atoms with Crippen molar-refractivity contribution in [1.29, 1.82) is 0 Å². The Balaban J connectivity index is 1.70. The van der Waals surface area contributed by atoms with Crippen molar-refractivity contribution in [3.8, 4) is 0 Å². The molecule has 2 saturated heterocycles. The van der Waals surface area contributed by atoms with E-state index < -0.39 is 0 Å². The van der Waals surface area contributed by atoms with Gasteiger partial charge in [0.2, 0.25) is 0 Å². The lowest BCUT2D eigenvalue weighted by molar-refractivity contribution is 0.0255. The van der Waals surface area contributed by atoms with Gasteiger partial charge >= 0.3 is 0 Å². The van der Waals surface area contributed by atoms with E-state index in [1.165, 1.54) is 38.9 Å². The fraction of sp³-hybridized carbons (Fsp3) is 1.00. The largest absolute Gasteiger partial charge is 0.380 e. The van der Waals surface area contributed by atoms with Crippen LogP contribution >= 0.6 is 0 Å². The lowest BCUT2D eigenvalue weighted by Crippen LogP contribution is -2.40. The quantitative estimate of drug-likeness (QED) is 0.786. The second kappa shape index (κ2) is 5.99. The number of ether oxygens (including phenoxy) is 1. The van der Waals surface area contributed by atoms with Crippen LogP contribution in [0.4, 0.5) is 0 Å². The van der Waals surface area contributed by atoms with Gasteiger partial charge in [-0.25, -0.2) is 0 Å². The van der Waals surface area contributed by atoms with Crippen molar-refractivity contribution in [2.75, 3.05) is 32.8 Å². The Hall–Kier alpha value is -0.120. The summed E-state index contributed by atoms with van der Waals surface area (Å²) >= 11 is 0. The maximum Gasteiger partial charge on any atom is 0.0621 e. The van der Waals surface area contributed by atoms with Gasteiger partial charge in [0.05, 0.1) is 6.61 Å². The van der Waals surface area contributed by atoms with Crippen molar-refractivity contribution in [2.24, 2.45) is 5.92 Å². The van der Waals surface area contributed by atoms with Gasteiger partial charge < -0.3 is 10.1 Å². The molecular formula is C13H26N2O. The van der Waals surface area contributed by atoms with Gasteiger partial charge in [0.1, 0.15) is 0 Å². The maximum atomic E-state index is 5.57. The molecule has 0 saturated carbocycles. The first-order valence-electron chi connectivity index (χ1n) is 6.81. The van der Waals surface area contributed by atoms with E-state index in [9.17, 15) is 0 Å². The van der Waals surface area contributed by atoms with Crippen LogP contribution in [-0.2, 0) is 4.74 Å². The topological polar surface area (TPSA) is 24.5 Å². The van der Waals surface area contributed by atoms with Crippen molar-refractivity contribution < 1.29 is 4.74 Å². The summed E-state index contributed by atoms with van der Waals surface area (Å²) in [5.41, 5.74) is 0. The minimum Gasteiger partial charge on any atom is -0.380 e. The van der Waals surface area contributed by atoms with Crippen LogP contribution in [0.25, 0.3) is 0 Å². The Kier molecular flexibility index (Phi) is 4.62. The number of nitrogens with one attached hydrogen (secondary N) is 1. The van der Waals surface area contributed by atoms with Crippen LogP contribution in [0.5, 0.6) is 0 Å².